The van der Waals surface area contributed by atoms with Crippen molar-refractivity contribution in [3.05, 3.63) is 95.1 Å². The van der Waals surface area contributed by atoms with Crippen molar-refractivity contribution >= 4 is 11.9 Å². The molecule has 1 heterocycles. The van der Waals surface area contributed by atoms with Gasteiger partial charge in [-0.25, -0.2) is 13.6 Å². The van der Waals surface area contributed by atoms with E-state index in [1.807, 2.05) is 24.3 Å². The van der Waals surface area contributed by atoms with Crippen molar-refractivity contribution in [2.24, 2.45) is 0 Å². The summed E-state index contributed by atoms with van der Waals surface area (Å²) in [5, 5.41) is 11.9. The average Bonchev–Trinajstić information content (AvgIpc) is 3.00. The normalized spacial score (nSPS) is 18.1. The number of urea groups is 1. The van der Waals surface area contributed by atoms with Gasteiger partial charge in [0.15, 0.2) is 11.6 Å². The van der Waals surface area contributed by atoms with E-state index in [2.05, 4.69) is 11.4 Å². The van der Waals surface area contributed by atoms with Crippen LogP contribution >= 0.6 is 0 Å². The minimum Gasteiger partial charge on any atom is -0.319 e. The Bertz CT molecular complexity index is 1230. The van der Waals surface area contributed by atoms with E-state index in [-0.39, 0.29) is 12.1 Å². The van der Waals surface area contributed by atoms with Gasteiger partial charge in [-0.05, 0) is 47.4 Å². The van der Waals surface area contributed by atoms with E-state index >= 15 is 0 Å². The van der Waals surface area contributed by atoms with Gasteiger partial charge in [0.25, 0.3) is 5.91 Å². The summed E-state index contributed by atoms with van der Waals surface area (Å²) in [6.07, 6.45) is 0. The number of hydrogen-bond acceptors (Lipinski definition) is 3. The van der Waals surface area contributed by atoms with Crippen molar-refractivity contribution < 1.29 is 18.4 Å². The van der Waals surface area contributed by atoms with Crippen LogP contribution in [-0.4, -0.2) is 16.8 Å². The summed E-state index contributed by atoms with van der Waals surface area (Å²) < 4.78 is 26.9. The van der Waals surface area contributed by atoms with E-state index in [0.717, 1.165) is 28.2 Å². The second-order valence-corrected chi connectivity index (χ2v) is 7.43. The fourth-order valence-corrected chi connectivity index (χ4v) is 3.65. The van der Waals surface area contributed by atoms with Crippen LogP contribution < -0.4 is 5.32 Å². The predicted octanol–water partition coefficient (Wildman–Crippen LogP) is 4.47. The number of hydrogen-bond donors (Lipinski definition) is 1. The molecule has 31 heavy (non-hydrogen) atoms. The molecular formula is C24H17F2N3O2. The molecule has 1 N–H and O–H groups in total. The molecule has 0 radical (unpaired) electrons. The van der Waals surface area contributed by atoms with Crippen molar-refractivity contribution in [3.63, 3.8) is 0 Å². The van der Waals surface area contributed by atoms with Crippen LogP contribution in [0.2, 0.25) is 0 Å². The van der Waals surface area contributed by atoms with E-state index in [1.54, 1.807) is 24.3 Å². The molecule has 1 aliphatic heterocycles. The van der Waals surface area contributed by atoms with Crippen LogP contribution in [0, 0.1) is 23.0 Å². The zero-order valence-electron chi connectivity index (χ0n) is 16.5. The molecule has 3 aromatic rings. The van der Waals surface area contributed by atoms with Gasteiger partial charge in [-0.1, -0.05) is 48.5 Å². The van der Waals surface area contributed by atoms with E-state index in [1.165, 1.54) is 13.0 Å². The number of amides is 3. The first-order valence-corrected chi connectivity index (χ1v) is 9.51. The molecule has 0 saturated carbocycles. The summed E-state index contributed by atoms with van der Waals surface area (Å²) >= 11 is 0. The van der Waals surface area contributed by atoms with Crippen molar-refractivity contribution in [1.29, 1.82) is 5.26 Å². The summed E-state index contributed by atoms with van der Waals surface area (Å²) in [5.74, 6) is -2.67. The number of imide groups is 1. The fourth-order valence-electron chi connectivity index (χ4n) is 3.65. The van der Waals surface area contributed by atoms with E-state index in [0.29, 0.717) is 11.1 Å². The van der Waals surface area contributed by atoms with Crippen LogP contribution in [0.3, 0.4) is 0 Å². The maximum absolute atomic E-state index is 13.7. The van der Waals surface area contributed by atoms with E-state index in [9.17, 15) is 23.6 Å². The lowest BCUT2D eigenvalue weighted by atomic mass is 9.92. The number of halogens is 2. The number of rotatable bonds is 4. The number of nitrogens with one attached hydrogen (secondary N) is 1. The van der Waals surface area contributed by atoms with Crippen LogP contribution in [0.25, 0.3) is 11.1 Å². The maximum atomic E-state index is 13.7. The second-order valence-electron chi connectivity index (χ2n) is 7.43. The zero-order valence-corrected chi connectivity index (χ0v) is 16.5. The molecular weight excluding hydrogens is 400 g/mol. The van der Waals surface area contributed by atoms with Gasteiger partial charge in [-0.3, -0.25) is 9.69 Å². The zero-order chi connectivity index (χ0) is 22.2. The molecule has 4 rings (SSSR count). The molecule has 0 bridgehead atoms. The molecule has 1 fully saturated rings. The number of nitriles is 1. The minimum absolute atomic E-state index is 0.0180. The standard InChI is InChI=1S/C24H17F2N3O2/c1-24(18-10-11-20(25)21(26)12-18)22(30)29(23(31)28-24)14-15-6-8-16(9-7-15)19-5-3-2-4-17(19)13-27/h2-12H,14H2,1H3,(H,28,31). The number of carbonyl (C=O) groups is 2. The van der Waals surface area contributed by atoms with Crippen molar-refractivity contribution in [3.8, 4) is 17.2 Å². The molecule has 1 atom stereocenters. The highest BCUT2D eigenvalue weighted by Gasteiger charge is 2.49. The van der Waals surface area contributed by atoms with Gasteiger partial charge in [0.1, 0.15) is 5.54 Å². The first-order chi connectivity index (χ1) is 14.8. The van der Waals surface area contributed by atoms with Gasteiger partial charge >= 0.3 is 6.03 Å². The molecule has 1 unspecified atom stereocenters. The Hall–Kier alpha value is -4.05. The van der Waals surface area contributed by atoms with Gasteiger partial charge in [-0.2, -0.15) is 5.26 Å². The Kier molecular flexibility index (Phi) is 4.99. The molecule has 0 spiro atoms. The Morgan fingerprint density at radius 2 is 1.71 bits per heavy atom. The molecule has 1 aliphatic rings. The highest BCUT2D eigenvalue weighted by molar-refractivity contribution is 6.07. The SMILES string of the molecule is CC1(c2ccc(F)c(F)c2)NC(=O)N(Cc2ccc(-c3ccccc3C#N)cc2)C1=O. The topological polar surface area (TPSA) is 73.2 Å². The Balaban J connectivity index is 1.57. The van der Waals surface area contributed by atoms with Gasteiger partial charge < -0.3 is 5.32 Å². The van der Waals surface area contributed by atoms with E-state index in [4.69, 9.17) is 0 Å². The van der Waals surface area contributed by atoms with Crippen LogP contribution in [0.5, 0.6) is 0 Å². The molecule has 3 aromatic carbocycles. The van der Waals surface area contributed by atoms with Gasteiger partial charge in [0.2, 0.25) is 0 Å². The van der Waals surface area contributed by atoms with Crippen molar-refractivity contribution in [2.75, 3.05) is 0 Å². The van der Waals surface area contributed by atoms with Gasteiger partial charge in [-0.15, -0.1) is 0 Å². The van der Waals surface area contributed by atoms with Gasteiger partial charge in [0, 0.05) is 0 Å². The highest BCUT2D eigenvalue weighted by atomic mass is 19.2. The summed E-state index contributed by atoms with van der Waals surface area (Å²) in [6.45, 7) is 1.48. The molecule has 0 aliphatic carbocycles. The molecule has 154 valence electrons. The predicted molar refractivity (Wildman–Crippen MR) is 109 cm³/mol. The molecule has 3 amide bonds. The third-order valence-electron chi connectivity index (χ3n) is 5.43. The Labute approximate surface area is 177 Å². The first-order valence-electron chi connectivity index (χ1n) is 9.51. The molecule has 0 aromatic heterocycles. The largest absolute Gasteiger partial charge is 0.325 e. The van der Waals surface area contributed by atoms with Crippen LogP contribution in [0.1, 0.15) is 23.6 Å². The van der Waals surface area contributed by atoms with Crippen molar-refractivity contribution in [2.45, 2.75) is 19.0 Å². The third kappa shape index (κ3) is 3.53. The lowest BCUT2D eigenvalue weighted by molar-refractivity contribution is -0.131. The van der Waals surface area contributed by atoms with Crippen LogP contribution in [-0.2, 0) is 16.9 Å². The van der Waals surface area contributed by atoms with Crippen LogP contribution in [0.15, 0.2) is 66.7 Å². The monoisotopic (exact) mass is 417 g/mol. The summed E-state index contributed by atoms with van der Waals surface area (Å²) in [4.78, 5) is 26.5. The molecule has 5 nitrogen and oxygen atoms in total. The quantitative estimate of drug-likeness (QED) is 0.637. The maximum Gasteiger partial charge on any atom is 0.325 e. The average molecular weight is 417 g/mol. The smallest absolute Gasteiger partial charge is 0.319 e. The fraction of sp³-hybridized carbons (Fsp3) is 0.125. The first kappa shape index (κ1) is 20.2. The van der Waals surface area contributed by atoms with Crippen molar-refractivity contribution in [1.82, 2.24) is 10.2 Å². The Morgan fingerprint density at radius 3 is 2.39 bits per heavy atom. The lowest BCUT2D eigenvalue weighted by Crippen LogP contribution is -2.41. The number of carbonyl (C=O) groups excluding carboxylic acids is 2. The summed E-state index contributed by atoms with van der Waals surface area (Å²) in [5.41, 5.74) is 1.55. The lowest BCUT2D eigenvalue weighted by Gasteiger charge is -2.22. The van der Waals surface area contributed by atoms with Gasteiger partial charge in [0.05, 0.1) is 18.2 Å². The Morgan fingerprint density at radius 1 is 1.00 bits per heavy atom. The summed E-state index contributed by atoms with van der Waals surface area (Å²) in [6, 6.07) is 19.1. The summed E-state index contributed by atoms with van der Waals surface area (Å²) in [7, 11) is 0. The molecule has 7 heteroatoms. The minimum atomic E-state index is -1.49. The number of benzene rings is 3. The second kappa shape index (κ2) is 7.65. The molecule has 1 saturated heterocycles. The number of nitrogens with zero attached hydrogens (tertiary/aromatic N) is 2. The highest BCUT2D eigenvalue weighted by Crippen LogP contribution is 2.31. The van der Waals surface area contributed by atoms with Crippen LogP contribution in [0.4, 0.5) is 13.6 Å². The third-order valence-corrected chi connectivity index (χ3v) is 5.43. The van der Waals surface area contributed by atoms with E-state index < -0.39 is 29.1 Å².